The lowest BCUT2D eigenvalue weighted by atomic mass is 9.89. The van der Waals surface area contributed by atoms with Crippen LogP contribution in [0.25, 0.3) is 0 Å². The van der Waals surface area contributed by atoms with Gasteiger partial charge in [-0.05, 0) is 43.2 Å². The Morgan fingerprint density at radius 3 is 2.64 bits per heavy atom. The second-order valence-electron chi connectivity index (χ2n) is 5.62. The van der Waals surface area contributed by atoms with E-state index in [4.69, 9.17) is 0 Å². The largest absolute Gasteiger partial charge is 0.348 e. The van der Waals surface area contributed by atoms with Crippen LogP contribution in [0.5, 0.6) is 0 Å². The third-order valence-electron chi connectivity index (χ3n) is 3.33. The molecule has 14 heavy (non-hydrogen) atoms. The number of hydrogen-bond donors (Lipinski definition) is 0. The van der Waals surface area contributed by atoms with Gasteiger partial charge in [0, 0.05) is 17.9 Å². The summed E-state index contributed by atoms with van der Waals surface area (Å²) in [5.74, 6) is 0. The van der Waals surface area contributed by atoms with Gasteiger partial charge < -0.3 is 4.57 Å². The summed E-state index contributed by atoms with van der Waals surface area (Å²) in [7, 11) is 0. The van der Waals surface area contributed by atoms with Crippen LogP contribution in [-0.4, -0.2) is 4.57 Å². The van der Waals surface area contributed by atoms with Crippen LogP contribution >= 0.6 is 0 Å². The first kappa shape index (κ1) is 9.82. The summed E-state index contributed by atoms with van der Waals surface area (Å²) in [5.41, 5.74) is 3.32. The summed E-state index contributed by atoms with van der Waals surface area (Å²) in [5, 5.41) is 0. The van der Waals surface area contributed by atoms with Gasteiger partial charge in [-0.15, -0.1) is 0 Å². The van der Waals surface area contributed by atoms with Crippen LogP contribution < -0.4 is 0 Å². The van der Waals surface area contributed by atoms with Gasteiger partial charge in [0.25, 0.3) is 0 Å². The Kier molecular flexibility index (Phi) is 2.21. The molecule has 1 aliphatic rings. The fourth-order valence-electron chi connectivity index (χ4n) is 2.26. The van der Waals surface area contributed by atoms with Crippen LogP contribution in [-0.2, 0) is 11.8 Å². The maximum Gasteiger partial charge on any atom is 0.0305 e. The van der Waals surface area contributed by atoms with Gasteiger partial charge in [-0.1, -0.05) is 20.8 Å². The van der Waals surface area contributed by atoms with E-state index in [1.54, 1.807) is 0 Å². The molecule has 0 aromatic carbocycles. The van der Waals surface area contributed by atoms with E-state index in [2.05, 4.69) is 44.5 Å². The maximum absolute atomic E-state index is 2.48. The molecular weight excluding hydrogens is 170 g/mol. The first-order valence-electron chi connectivity index (χ1n) is 5.70. The first-order chi connectivity index (χ1) is 6.48. The Morgan fingerprint density at radius 1 is 1.36 bits per heavy atom. The molecular formula is C13H21N. The van der Waals surface area contributed by atoms with E-state index in [-0.39, 0.29) is 0 Å². The Balaban J connectivity index is 2.40. The van der Waals surface area contributed by atoms with Crippen molar-refractivity contribution in [3.05, 3.63) is 23.5 Å². The van der Waals surface area contributed by atoms with Crippen LogP contribution in [0.4, 0.5) is 0 Å². The van der Waals surface area contributed by atoms with Crippen LogP contribution in [0.2, 0.25) is 0 Å². The molecule has 0 saturated carbocycles. The van der Waals surface area contributed by atoms with Crippen LogP contribution in [0.15, 0.2) is 12.3 Å². The molecule has 0 aliphatic carbocycles. The van der Waals surface area contributed by atoms with Gasteiger partial charge in [-0.2, -0.15) is 0 Å². The average Bonchev–Trinajstić information content (AvgIpc) is 2.48. The lowest BCUT2D eigenvalue weighted by molar-refractivity contribution is 0.431. The fraction of sp³-hybridized carbons (Fsp3) is 0.692. The van der Waals surface area contributed by atoms with Gasteiger partial charge >= 0.3 is 0 Å². The molecule has 1 aliphatic heterocycles. The van der Waals surface area contributed by atoms with Gasteiger partial charge in [-0.3, -0.25) is 0 Å². The topological polar surface area (TPSA) is 4.93 Å². The van der Waals surface area contributed by atoms with Crippen molar-refractivity contribution in [3.63, 3.8) is 0 Å². The molecule has 1 aromatic heterocycles. The number of hydrogen-bond acceptors (Lipinski definition) is 0. The highest BCUT2D eigenvalue weighted by Gasteiger charge is 2.21. The molecule has 78 valence electrons. The summed E-state index contributed by atoms with van der Waals surface area (Å²) >= 11 is 0. The molecule has 0 spiro atoms. The predicted molar refractivity (Wildman–Crippen MR) is 60.8 cm³/mol. The first-order valence-corrected chi connectivity index (χ1v) is 5.70. The lowest BCUT2D eigenvalue weighted by Gasteiger charge is -2.22. The Bertz CT molecular complexity index is 327. The van der Waals surface area contributed by atoms with Crippen molar-refractivity contribution in [2.24, 2.45) is 0 Å². The van der Waals surface area contributed by atoms with Crippen molar-refractivity contribution < 1.29 is 0 Å². The Morgan fingerprint density at radius 2 is 2.07 bits per heavy atom. The normalized spacial score (nSPS) is 22.1. The summed E-state index contributed by atoms with van der Waals surface area (Å²) in [4.78, 5) is 0. The Labute approximate surface area is 87.1 Å². The van der Waals surface area contributed by atoms with Crippen LogP contribution in [0.3, 0.4) is 0 Å². The zero-order chi connectivity index (χ0) is 10.3. The van der Waals surface area contributed by atoms with Crippen molar-refractivity contribution in [2.45, 2.75) is 58.4 Å². The molecule has 0 bridgehead atoms. The molecule has 1 heteroatoms. The average molecular weight is 191 g/mol. The van der Waals surface area contributed by atoms with E-state index >= 15 is 0 Å². The number of aromatic nitrogens is 1. The van der Waals surface area contributed by atoms with Crippen molar-refractivity contribution in [1.29, 1.82) is 0 Å². The van der Waals surface area contributed by atoms with Crippen LogP contribution in [0, 0.1) is 0 Å². The minimum atomic E-state index is 0.296. The number of fused-ring (bicyclic) bond motifs is 1. The van der Waals surface area contributed by atoms with Crippen molar-refractivity contribution in [3.8, 4) is 0 Å². The van der Waals surface area contributed by atoms with Gasteiger partial charge in [0.2, 0.25) is 0 Å². The quantitative estimate of drug-likeness (QED) is 0.589. The van der Waals surface area contributed by atoms with E-state index in [0.717, 1.165) is 0 Å². The SMILES string of the molecule is CC1CCCc2cc(C(C)(C)C)cn21. The predicted octanol–water partition coefficient (Wildman–Crippen LogP) is 3.68. The second-order valence-corrected chi connectivity index (χ2v) is 5.62. The maximum atomic E-state index is 2.48. The highest BCUT2D eigenvalue weighted by Crippen LogP contribution is 2.31. The molecule has 1 nitrogen and oxygen atoms in total. The second kappa shape index (κ2) is 3.15. The van der Waals surface area contributed by atoms with E-state index < -0.39 is 0 Å². The van der Waals surface area contributed by atoms with Crippen molar-refractivity contribution >= 4 is 0 Å². The number of rotatable bonds is 0. The zero-order valence-corrected chi connectivity index (χ0v) is 9.80. The van der Waals surface area contributed by atoms with Gasteiger partial charge in [0.05, 0.1) is 0 Å². The molecule has 0 saturated heterocycles. The molecule has 1 aromatic rings. The van der Waals surface area contributed by atoms with Crippen LogP contribution in [0.1, 0.15) is 57.8 Å². The van der Waals surface area contributed by atoms with E-state index in [1.165, 1.54) is 30.5 Å². The molecule has 0 fully saturated rings. The van der Waals surface area contributed by atoms with E-state index in [0.29, 0.717) is 11.5 Å². The molecule has 0 N–H and O–H groups in total. The minimum Gasteiger partial charge on any atom is -0.348 e. The number of aryl methyl sites for hydroxylation is 1. The molecule has 0 radical (unpaired) electrons. The van der Waals surface area contributed by atoms with Gasteiger partial charge in [-0.25, -0.2) is 0 Å². The number of nitrogens with zero attached hydrogens (tertiary/aromatic N) is 1. The standard InChI is InChI=1S/C13H21N/c1-10-6-5-7-12-8-11(9-14(10)12)13(2,3)4/h8-10H,5-7H2,1-4H3. The molecule has 1 atom stereocenters. The van der Waals surface area contributed by atoms with E-state index in [1.807, 2.05) is 0 Å². The summed E-state index contributed by atoms with van der Waals surface area (Å²) in [6.07, 6.45) is 6.32. The zero-order valence-electron chi connectivity index (χ0n) is 9.80. The van der Waals surface area contributed by atoms with E-state index in [9.17, 15) is 0 Å². The molecule has 1 unspecified atom stereocenters. The Hall–Kier alpha value is -0.720. The third-order valence-corrected chi connectivity index (χ3v) is 3.33. The highest BCUT2D eigenvalue weighted by atomic mass is 15.0. The van der Waals surface area contributed by atoms with Gasteiger partial charge in [0.1, 0.15) is 0 Å². The molecule has 0 amide bonds. The smallest absolute Gasteiger partial charge is 0.0305 e. The van der Waals surface area contributed by atoms with Crippen molar-refractivity contribution in [2.75, 3.05) is 0 Å². The molecule has 2 rings (SSSR count). The third kappa shape index (κ3) is 1.60. The monoisotopic (exact) mass is 191 g/mol. The molecule has 2 heterocycles. The van der Waals surface area contributed by atoms with Gasteiger partial charge in [0.15, 0.2) is 0 Å². The minimum absolute atomic E-state index is 0.296. The summed E-state index contributed by atoms with van der Waals surface area (Å²) in [6.45, 7) is 9.20. The highest BCUT2D eigenvalue weighted by molar-refractivity contribution is 5.27. The lowest BCUT2D eigenvalue weighted by Crippen LogP contribution is -2.13. The summed E-state index contributed by atoms with van der Waals surface area (Å²) in [6, 6.07) is 3.10. The summed E-state index contributed by atoms with van der Waals surface area (Å²) < 4.78 is 2.48. The fourth-order valence-corrected chi connectivity index (χ4v) is 2.26. The van der Waals surface area contributed by atoms with Crippen molar-refractivity contribution in [1.82, 2.24) is 4.57 Å².